The molecule has 2 aliphatic rings. The molecule has 1 aromatic rings. The molecule has 0 saturated carbocycles. The summed E-state index contributed by atoms with van der Waals surface area (Å²) in [6.45, 7) is 1.86. The normalized spacial score (nSPS) is 22.0. The third kappa shape index (κ3) is 2.91. The number of hydrogen-bond donors (Lipinski definition) is 1. The summed E-state index contributed by atoms with van der Waals surface area (Å²) >= 11 is 0. The van der Waals surface area contributed by atoms with Crippen molar-refractivity contribution in [3.63, 3.8) is 0 Å². The van der Waals surface area contributed by atoms with E-state index in [1.54, 1.807) is 12.3 Å². The lowest BCUT2D eigenvalue weighted by atomic mass is 9.90. The van der Waals surface area contributed by atoms with Crippen LogP contribution in [-0.2, 0) is 4.79 Å². The van der Waals surface area contributed by atoms with Crippen LogP contribution in [0.3, 0.4) is 0 Å². The van der Waals surface area contributed by atoms with E-state index in [4.69, 9.17) is 0 Å². The summed E-state index contributed by atoms with van der Waals surface area (Å²) in [7, 11) is 0. The number of aryl methyl sites for hydroxylation is 1. The maximum atomic E-state index is 12.3. The number of pyridine rings is 1. The molecule has 1 aliphatic heterocycles. The van der Waals surface area contributed by atoms with Gasteiger partial charge in [-0.25, -0.2) is 0 Å². The number of carbonyl (C=O) groups excluding carboxylic acids is 2. The molecule has 0 saturated heterocycles. The Morgan fingerprint density at radius 1 is 1.23 bits per heavy atom. The molecule has 0 bridgehead atoms. The van der Waals surface area contributed by atoms with Crippen LogP contribution >= 0.6 is 0 Å². The lowest BCUT2D eigenvalue weighted by Gasteiger charge is -2.18. The first-order valence-corrected chi connectivity index (χ1v) is 7.46. The SMILES string of the molecule is Cc1cccnc1C(=O)CCC(=O)C1=CC2C=CNC2C=C1. The van der Waals surface area contributed by atoms with Crippen LogP contribution in [0.2, 0.25) is 0 Å². The number of Topliss-reactive ketones (excluding diaryl/α,β-unsaturated/α-hetero) is 2. The summed E-state index contributed by atoms with van der Waals surface area (Å²) in [4.78, 5) is 28.5. The highest BCUT2D eigenvalue weighted by molar-refractivity contribution is 6.03. The predicted octanol–water partition coefficient (Wildman–Crippen LogP) is 2.52. The molecular weight excluding hydrogens is 276 g/mol. The summed E-state index contributed by atoms with van der Waals surface area (Å²) in [5, 5.41) is 3.21. The van der Waals surface area contributed by atoms with Crippen LogP contribution < -0.4 is 5.32 Å². The van der Waals surface area contributed by atoms with E-state index in [9.17, 15) is 9.59 Å². The lowest BCUT2D eigenvalue weighted by molar-refractivity contribution is -0.115. The maximum absolute atomic E-state index is 12.3. The van der Waals surface area contributed by atoms with Crippen LogP contribution in [0.4, 0.5) is 0 Å². The third-order valence-electron chi connectivity index (χ3n) is 4.05. The molecule has 1 N–H and O–H groups in total. The van der Waals surface area contributed by atoms with Crippen molar-refractivity contribution < 1.29 is 9.59 Å². The summed E-state index contributed by atoms with van der Waals surface area (Å²) in [5.74, 6) is 0.168. The van der Waals surface area contributed by atoms with E-state index < -0.39 is 0 Å². The van der Waals surface area contributed by atoms with Crippen molar-refractivity contribution >= 4 is 11.6 Å². The van der Waals surface area contributed by atoms with Gasteiger partial charge in [0.25, 0.3) is 0 Å². The lowest BCUT2D eigenvalue weighted by Crippen LogP contribution is -2.26. The summed E-state index contributed by atoms with van der Waals surface area (Å²) in [6, 6.07) is 3.91. The zero-order valence-corrected chi connectivity index (χ0v) is 12.5. The fourth-order valence-corrected chi connectivity index (χ4v) is 2.78. The van der Waals surface area contributed by atoms with Crippen LogP contribution in [0.25, 0.3) is 0 Å². The first-order chi connectivity index (χ1) is 10.6. The van der Waals surface area contributed by atoms with Gasteiger partial charge in [-0.3, -0.25) is 14.6 Å². The van der Waals surface area contributed by atoms with Crippen molar-refractivity contribution in [2.45, 2.75) is 25.8 Å². The number of allylic oxidation sites excluding steroid dienone is 2. The highest BCUT2D eigenvalue weighted by atomic mass is 16.1. The average Bonchev–Trinajstić information content (AvgIpc) is 3.00. The third-order valence-corrected chi connectivity index (χ3v) is 4.05. The molecule has 1 aliphatic carbocycles. The summed E-state index contributed by atoms with van der Waals surface area (Å²) in [5.41, 5.74) is 2.01. The molecule has 0 amide bonds. The molecule has 2 atom stereocenters. The highest BCUT2D eigenvalue weighted by Gasteiger charge is 2.23. The molecule has 3 rings (SSSR count). The van der Waals surface area contributed by atoms with Crippen LogP contribution in [0, 0.1) is 12.8 Å². The largest absolute Gasteiger partial charge is 0.384 e. The van der Waals surface area contributed by atoms with Crippen molar-refractivity contribution in [2.75, 3.05) is 0 Å². The Kier molecular flexibility index (Phi) is 4.00. The number of hydrogen-bond acceptors (Lipinski definition) is 4. The second-order valence-corrected chi connectivity index (χ2v) is 5.63. The van der Waals surface area contributed by atoms with Gasteiger partial charge in [-0.15, -0.1) is 0 Å². The van der Waals surface area contributed by atoms with Gasteiger partial charge in [-0.05, 0) is 24.8 Å². The maximum Gasteiger partial charge on any atom is 0.181 e. The topological polar surface area (TPSA) is 59.1 Å². The van der Waals surface area contributed by atoms with Crippen LogP contribution in [0.5, 0.6) is 0 Å². The van der Waals surface area contributed by atoms with Crippen molar-refractivity contribution in [1.29, 1.82) is 0 Å². The van der Waals surface area contributed by atoms with Gasteiger partial charge < -0.3 is 5.32 Å². The van der Waals surface area contributed by atoms with Crippen LogP contribution in [0.1, 0.15) is 28.9 Å². The molecule has 2 heterocycles. The van der Waals surface area contributed by atoms with Gasteiger partial charge in [0.05, 0.1) is 6.04 Å². The van der Waals surface area contributed by atoms with Gasteiger partial charge in [-0.1, -0.05) is 30.4 Å². The zero-order chi connectivity index (χ0) is 15.5. The number of fused-ring (bicyclic) bond motifs is 1. The fourth-order valence-electron chi connectivity index (χ4n) is 2.78. The van der Waals surface area contributed by atoms with E-state index in [-0.39, 0.29) is 36.4 Å². The first kappa shape index (κ1) is 14.4. The van der Waals surface area contributed by atoms with E-state index in [1.165, 1.54) is 0 Å². The van der Waals surface area contributed by atoms with Gasteiger partial charge >= 0.3 is 0 Å². The van der Waals surface area contributed by atoms with Gasteiger partial charge in [0.1, 0.15) is 5.69 Å². The van der Waals surface area contributed by atoms with E-state index in [0.29, 0.717) is 11.3 Å². The minimum Gasteiger partial charge on any atom is -0.384 e. The molecule has 2 unspecified atom stereocenters. The quantitative estimate of drug-likeness (QED) is 0.848. The Bertz CT molecular complexity index is 701. The fraction of sp³-hybridized carbons (Fsp3) is 0.278. The van der Waals surface area contributed by atoms with E-state index in [2.05, 4.69) is 10.3 Å². The minimum absolute atomic E-state index is 0.0111. The first-order valence-electron chi connectivity index (χ1n) is 7.46. The minimum atomic E-state index is -0.0767. The number of aromatic nitrogens is 1. The summed E-state index contributed by atoms with van der Waals surface area (Å²) < 4.78 is 0. The van der Waals surface area contributed by atoms with Crippen LogP contribution in [0.15, 0.2) is 54.4 Å². The van der Waals surface area contributed by atoms with E-state index in [1.807, 2.05) is 43.5 Å². The monoisotopic (exact) mass is 294 g/mol. The number of carbonyl (C=O) groups is 2. The zero-order valence-electron chi connectivity index (χ0n) is 12.5. The molecule has 4 nitrogen and oxygen atoms in total. The van der Waals surface area contributed by atoms with Crippen LogP contribution in [-0.4, -0.2) is 22.6 Å². The Morgan fingerprint density at radius 2 is 2.05 bits per heavy atom. The smallest absolute Gasteiger partial charge is 0.181 e. The van der Waals surface area contributed by atoms with Crippen molar-refractivity contribution in [3.8, 4) is 0 Å². The Hall–Kier alpha value is -2.49. The van der Waals surface area contributed by atoms with Gasteiger partial charge in [0, 0.05) is 30.5 Å². The Balaban J connectivity index is 1.61. The molecule has 4 heteroatoms. The molecule has 0 radical (unpaired) electrons. The van der Waals surface area contributed by atoms with E-state index >= 15 is 0 Å². The highest BCUT2D eigenvalue weighted by Crippen LogP contribution is 2.23. The number of rotatable bonds is 5. The van der Waals surface area contributed by atoms with Gasteiger partial charge in [-0.2, -0.15) is 0 Å². The van der Waals surface area contributed by atoms with Gasteiger partial charge in [0.2, 0.25) is 0 Å². The molecule has 0 spiro atoms. The number of nitrogens with zero attached hydrogens (tertiary/aromatic N) is 1. The summed E-state index contributed by atoms with van der Waals surface area (Å²) in [6.07, 6.45) is 11.8. The van der Waals surface area contributed by atoms with Crippen molar-refractivity contribution in [1.82, 2.24) is 10.3 Å². The Labute approximate surface area is 129 Å². The number of nitrogens with one attached hydrogen (secondary N) is 1. The van der Waals surface area contributed by atoms with Crippen molar-refractivity contribution in [2.24, 2.45) is 5.92 Å². The molecule has 0 fully saturated rings. The molecule has 1 aromatic heterocycles. The second kappa shape index (κ2) is 6.10. The molecular formula is C18H18N2O2. The van der Waals surface area contributed by atoms with E-state index in [0.717, 1.165) is 5.56 Å². The predicted molar refractivity (Wildman–Crippen MR) is 84.3 cm³/mol. The molecule has 0 aromatic carbocycles. The second-order valence-electron chi connectivity index (χ2n) is 5.63. The molecule has 112 valence electrons. The van der Waals surface area contributed by atoms with Crippen molar-refractivity contribution in [3.05, 3.63) is 65.7 Å². The Morgan fingerprint density at radius 3 is 2.86 bits per heavy atom. The standard InChI is InChI=1S/C18H18N2O2/c1-12-3-2-9-20-18(12)17(22)7-6-16(21)14-4-5-15-13(11-14)8-10-19-15/h2-5,8-11,13,15,19H,6-7H2,1H3. The number of ketones is 2. The molecule has 22 heavy (non-hydrogen) atoms. The average molecular weight is 294 g/mol. The van der Waals surface area contributed by atoms with Gasteiger partial charge in [0.15, 0.2) is 11.6 Å².